The lowest BCUT2D eigenvalue weighted by Crippen LogP contribution is -2.40. The lowest BCUT2D eigenvalue weighted by Gasteiger charge is -2.36. The maximum atomic E-state index is 11.6. The van der Waals surface area contributed by atoms with Gasteiger partial charge in [-0.05, 0) is 12.8 Å². The zero-order valence-corrected chi connectivity index (χ0v) is 11.4. The van der Waals surface area contributed by atoms with Gasteiger partial charge in [0.1, 0.15) is 12.7 Å². The zero-order chi connectivity index (χ0) is 14.4. The van der Waals surface area contributed by atoms with Crippen molar-refractivity contribution in [1.29, 1.82) is 5.26 Å². The molecular formula is C16H19NO3. The molecule has 0 unspecified atom stereocenters. The van der Waals surface area contributed by atoms with E-state index >= 15 is 0 Å². The summed E-state index contributed by atoms with van der Waals surface area (Å²) in [5, 5.41) is 18.7. The Hall–Kier alpha value is -1.86. The van der Waals surface area contributed by atoms with Gasteiger partial charge < -0.3 is 9.84 Å². The first-order valence-corrected chi connectivity index (χ1v) is 7.02. The van der Waals surface area contributed by atoms with Gasteiger partial charge in [0.25, 0.3) is 0 Å². The third-order valence-electron chi connectivity index (χ3n) is 3.95. The van der Waals surface area contributed by atoms with Crippen molar-refractivity contribution in [3.05, 3.63) is 35.9 Å². The Morgan fingerprint density at radius 2 is 1.95 bits per heavy atom. The van der Waals surface area contributed by atoms with E-state index in [2.05, 4.69) is 6.07 Å². The summed E-state index contributed by atoms with van der Waals surface area (Å²) in [4.78, 5) is 11.6. The Morgan fingerprint density at radius 1 is 1.30 bits per heavy atom. The van der Waals surface area contributed by atoms with E-state index in [0.29, 0.717) is 5.56 Å². The molecule has 20 heavy (non-hydrogen) atoms. The Labute approximate surface area is 119 Å². The second kappa shape index (κ2) is 6.53. The molecule has 0 heterocycles. The summed E-state index contributed by atoms with van der Waals surface area (Å²) in [6.07, 6.45) is 4.96. The third kappa shape index (κ3) is 2.83. The van der Waals surface area contributed by atoms with Crippen molar-refractivity contribution in [2.75, 3.05) is 6.61 Å². The lowest BCUT2D eigenvalue weighted by atomic mass is 9.74. The Bertz CT molecular complexity index is 488. The average Bonchev–Trinajstić information content (AvgIpc) is 2.54. The monoisotopic (exact) mass is 273 g/mol. The highest BCUT2D eigenvalue weighted by molar-refractivity contribution is 5.71. The van der Waals surface area contributed by atoms with Crippen LogP contribution in [0.15, 0.2) is 30.3 Å². The summed E-state index contributed by atoms with van der Waals surface area (Å²) < 4.78 is 5.41. The fraction of sp³-hybridized carbons (Fsp3) is 0.500. The maximum absolute atomic E-state index is 11.6. The number of aliphatic hydroxyl groups excluding tert-OH is 1. The number of ether oxygens (including phenoxy) is 1. The van der Waals surface area contributed by atoms with Gasteiger partial charge in [-0.25, -0.2) is 4.79 Å². The van der Waals surface area contributed by atoms with Gasteiger partial charge >= 0.3 is 5.97 Å². The van der Waals surface area contributed by atoms with Crippen LogP contribution in [-0.4, -0.2) is 17.7 Å². The van der Waals surface area contributed by atoms with Crippen molar-refractivity contribution in [1.82, 2.24) is 0 Å². The van der Waals surface area contributed by atoms with Gasteiger partial charge in [0.2, 0.25) is 5.60 Å². The van der Waals surface area contributed by atoms with E-state index in [0.717, 1.165) is 32.1 Å². The lowest BCUT2D eigenvalue weighted by molar-refractivity contribution is -0.165. The van der Waals surface area contributed by atoms with Crippen LogP contribution in [0.1, 0.15) is 37.7 Å². The fourth-order valence-electron chi connectivity index (χ4n) is 2.96. The van der Waals surface area contributed by atoms with E-state index < -0.39 is 18.2 Å². The van der Waals surface area contributed by atoms with Crippen molar-refractivity contribution in [2.24, 2.45) is 5.92 Å². The zero-order valence-electron chi connectivity index (χ0n) is 11.4. The topological polar surface area (TPSA) is 70.3 Å². The number of benzene rings is 1. The molecule has 1 fully saturated rings. The number of hydrogen-bond acceptors (Lipinski definition) is 4. The van der Waals surface area contributed by atoms with Gasteiger partial charge in [-0.1, -0.05) is 49.6 Å². The van der Waals surface area contributed by atoms with E-state index in [-0.39, 0.29) is 5.92 Å². The van der Waals surface area contributed by atoms with Crippen LogP contribution >= 0.6 is 0 Å². The first kappa shape index (κ1) is 14.5. The number of nitriles is 1. The highest BCUT2D eigenvalue weighted by Crippen LogP contribution is 2.41. The van der Waals surface area contributed by atoms with Crippen molar-refractivity contribution in [2.45, 2.75) is 37.7 Å². The summed E-state index contributed by atoms with van der Waals surface area (Å²) in [5.41, 5.74) is -0.585. The largest absolute Gasteiger partial charge is 0.437 e. The number of rotatable bonds is 4. The minimum Gasteiger partial charge on any atom is -0.437 e. The van der Waals surface area contributed by atoms with Crippen LogP contribution in [0.4, 0.5) is 0 Å². The molecular weight excluding hydrogens is 254 g/mol. The van der Waals surface area contributed by atoms with Crippen LogP contribution in [0.5, 0.6) is 0 Å². The van der Waals surface area contributed by atoms with E-state index in [9.17, 15) is 10.1 Å². The molecule has 0 amide bonds. The van der Waals surface area contributed by atoms with Gasteiger partial charge in [0, 0.05) is 11.5 Å². The minimum absolute atomic E-state index is 0.0147. The molecule has 1 N–H and O–H groups in total. The van der Waals surface area contributed by atoms with Crippen molar-refractivity contribution in [3.8, 4) is 6.07 Å². The Balaban J connectivity index is 2.40. The van der Waals surface area contributed by atoms with Crippen molar-refractivity contribution < 1.29 is 14.6 Å². The predicted molar refractivity (Wildman–Crippen MR) is 73.5 cm³/mol. The van der Waals surface area contributed by atoms with Crippen LogP contribution in [0, 0.1) is 17.2 Å². The predicted octanol–water partition coefficient (Wildman–Crippen LogP) is 2.52. The van der Waals surface area contributed by atoms with Crippen molar-refractivity contribution >= 4 is 5.97 Å². The standard InChI is InChI=1S/C16H19NO3/c17-12-16(20-15(19)11-18,13-7-3-1-4-8-13)14-9-5-2-6-10-14/h1,3-4,7-8,14,18H,2,5-6,9-11H2/t16-/m1/s1. The highest BCUT2D eigenvalue weighted by atomic mass is 16.6. The van der Waals surface area contributed by atoms with Crippen LogP contribution in [0.2, 0.25) is 0 Å². The molecule has 0 aromatic heterocycles. The van der Waals surface area contributed by atoms with Crippen LogP contribution < -0.4 is 0 Å². The second-order valence-electron chi connectivity index (χ2n) is 5.18. The van der Waals surface area contributed by atoms with Crippen molar-refractivity contribution in [3.63, 3.8) is 0 Å². The normalized spacial score (nSPS) is 18.8. The molecule has 1 saturated carbocycles. The van der Waals surface area contributed by atoms with Gasteiger partial charge in [0.05, 0.1) is 0 Å². The molecule has 0 bridgehead atoms. The first-order chi connectivity index (χ1) is 9.73. The minimum atomic E-state index is -1.28. The number of aliphatic hydroxyl groups is 1. The summed E-state index contributed by atoms with van der Waals surface area (Å²) in [5.74, 6) is -0.764. The molecule has 0 aliphatic heterocycles. The number of carbonyl (C=O) groups is 1. The first-order valence-electron chi connectivity index (χ1n) is 7.02. The average molecular weight is 273 g/mol. The third-order valence-corrected chi connectivity index (χ3v) is 3.95. The van der Waals surface area contributed by atoms with Gasteiger partial charge in [-0.15, -0.1) is 0 Å². The molecule has 0 radical (unpaired) electrons. The molecule has 1 atom stereocenters. The molecule has 4 heteroatoms. The number of hydrogen-bond donors (Lipinski definition) is 1. The molecule has 1 aromatic carbocycles. The van der Waals surface area contributed by atoms with Crippen LogP contribution in [-0.2, 0) is 15.1 Å². The molecule has 0 spiro atoms. The number of nitrogens with zero attached hydrogens (tertiary/aromatic N) is 1. The highest BCUT2D eigenvalue weighted by Gasteiger charge is 2.44. The fourth-order valence-corrected chi connectivity index (χ4v) is 2.96. The van der Waals surface area contributed by atoms with E-state index in [1.54, 1.807) is 0 Å². The number of esters is 1. The smallest absolute Gasteiger partial charge is 0.333 e. The second-order valence-corrected chi connectivity index (χ2v) is 5.18. The quantitative estimate of drug-likeness (QED) is 0.856. The molecule has 2 rings (SSSR count). The van der Waals surface area contributed by atoms with E-state index in [4.69, 9.17) is 9.84 Å². The summed E-state index contributed by atoms with van der Waals surface area (Å²) in [7, 11) is 0. The van der Waals surface area contributed by atoms with E-state index in [1.165, 1.54) is 0 Å². The summed E-state index contributed by atoms with van der Waals surface area (Å²) >= 11 is 0. The number of carbonyl (C=O) groups excluding carboxylic acids is 1. The molecule has 1 aromatic rings. The molecule has 1 aliphatic rings. The van der Waals surface area contributed by atoms with Gasteiger partial charge in [-0.3, -0.25) is 0 Å². The molecule has 1 aliphatic carbocycles. The Morgan fingerprint density at radius 3 is 2.50 bits per heavy atom. The molecule has 0 saturated heterocycles. The molecule has 106 valence electrons. The maximum Gasteiger partial charge on any atom is 0.333 e. The Kier molecular flexibility index (Phi) is 4.75. The van der Waals surface area contributed by atoms with Crippen LogP contribution in [0.25, 0.3) is 0 Å². The SMILES string of the molecule is N#C[C@@](OC(=O)CO)(c1ccccc1)C1CCCCC1. The molecule has 4 nitrogen and oxygen atoms in total. The van der Waals surface area contributed by atoms with E-state index in [1.807, 2.05) is 30.3 Å². The van der Waals surface area contributed by atoms with Crippen LogP contribution in [0.3, 0.4) is 0 Å². The van der Waals surface area contributed by atoms with Gasteiger partial charge in [0.15, 0.2) is 0 Å². The summed E-state index contributed by atoms with van der Waals surface area (Å²) in [6.45, 7) is -0.705. The summed E-state index contributed by atoms with van der Waals surface area (Å²) in [6, 6.07) is 11.4. The van der Waals surface area contributed by atoms with Gasteiger partial charge in [-0.2, -0.15) is 5.26 Å².